The summed E-state index contributed by atoms with van der Waals surface area (Å²) in [5.41, 5.74) is 1.59. The van der Waals surface area contributed by atoms with Crippen molar-refractivity contribution in [1.29, 1.82) is 0 Å². The van der Waals surface area contributed by atoms with Gasteiger partial charge in [-0.1, -0.05) is 18.2 Å². The molecule has 0 aromatic heterocycles. The zero-order valence-electron chi connectivity index (χ0n) is 11.7. The van der Waals surface area contributed by atoms with Crippen molar-refractivity contribution in [3.63, 3.8) is 0 Å². The van der Waals surface area contributed by atoms with E-state index in [0.29, 0.717) is 6.54 Å². The Bertz CT molecular complexity index is 609. The Morgan fingerprint density at radius 3 is 2.76 bits per heavy atom. The van der Waals surface area contributed by atoms with Gasteiger partial charge in [0.1, 0.15) is 6.54 Å². The molecule has 1 N–H and O–H groups in total. The molecule has 1 heterocycles. The molecular weight excluding hydrogens is 272 g/mol. The van der Waals surface area contributed by atoms with Crippen LogP contribution in [0.2, 0.25) is 0 Å². The number of carbonyl (C=O) groups excluding carboxylic acids is 2. The predicted octanol–water partition coefficient (Wildman–Crippen LogP) is 0.585. The minimum Gasteiger partial charge on any atom is -0.478 e. The van der Waals surface area contributed by atoms with E-state index in [2.05, 4.69) is 0 Å². The molecule has 2 rings (SSSR count). The number of aliphatic carboxylic acids is 1. The topological polar surface area (TPSA) is 77.9 Å². The standard InChI is InChI=1S/C15H16N2O4/c1-16-9-14(19)17(10-13(16)18)8-12-4-2-3-11(7-12)5-6-15(20)21/h2-7H,8-10H2,1H3,(H,20,21)/b6-5+. The normalized spacial score (nSPS) is 15.9. The fraction of sp³-hybridized carbons (Fsp3) is 0.267. The zero-order chi connectivity index (χ0) is 15.4. The molecule has 0 saturated carbocycles. The third-order valence-corrected chi connectivity index (χ3v) is 3.22. The van der Waals surface area contributed by atoms with Crippen molar-refractivity contribution >= 4 is 23.9 Å². The number of nitrogens with zero attached hydrogens (tertiary/aromatic N) is 2. The van der Waals surface area contributed by atoms with Crippen molar-refractivity contribution in [2.24, 2.45) is 0 Å². The fourth-order valence-corrected chi connectivity index (χ4v) is 2.09. The number of rotatable bonds is 4. The van der Waals surface area contributed by atoms with Gasteiger partial charge in [0.25, 0.3) is 0 Å². The number of amides is 2. The maximum absolute atomic E-state index is 11.9. The van der Waals surface area contributed by atoms with Crippen molar-refractivity contribution < 1.29 is 19.5 Å². The molecule has 0 atom stereocenters. The van der Waals surface area contributed by atoms with Gasteiger partial charge in [0, 0.05) is 19.7 Å². The van der Waals surface area contributed by atoms with E-state index in [1.54, 1.807) is 25.2 Å². The molecule has 110 valence electrons. The van der Waals surface area contributed by atoms with Gasteiger partial charge < -0.3 is 14.9 Å². The first-order valence-corrected chi connectivity index (χ1v) is 6.47. The van der Waals surface area contributed by atoms with Gasteiger partial charge in [0.15, 0.2) is 0 Å². The van der Waals surface area contributed by atoms with Crippen LogP contribution in [0.5, 0.6) is 0 Å². The van der Waals surface area contributed by atoms with Crippen molar-refractivity contribution in [2.45, 2.75) is 6.54 Å². The van der Waals surface area contributed by atoms with E-state index in [1.807, 2.05) is 6.07 Å². The van der Waals surface area contributed by atoms with E-state index < -0.39 is 5.97 Å². The molecule has 2 amide bonds. The molecule has 1 aromatic carbocycles. The summed E-state index contributed by atoms with van der Waals surface area (Å²) in [6.45, 7) is 0.509. The number of carbonyl (C=O) groups is 3. The highest BCUT2D eigenvalue weighted by Gasteiger charge is 2.27. The highest BCUT2D eigenvalue weighted by atomic mass is 16.4. The minimum absolute atomic E-state index is 0.0739. The van der Waals surface area contributed by atoms with Gasteiger partial charge in [-0.15, -0.1) is 0 Å². The van der Waals surface area contributed by atoms with Crippen LogP contribution in [-0.2, 0) is 20.9 Å². The average Bonchev–Trinajstić information content (AvgIpc) is 2.43. The fourth-order valence-electron chi connectivity index (χ4n) is 2.09. The number of piperazine rings is 1. The molecule has 1 aromatic rings. The summed E-state index contributed by atoms with van der Waals surface area (Å²) >= 11 is 0. The minimum atomic E-state index is -1.01. The largest absolute Gasteiger partial charge is 0.478 e. The van der Waals surface area contributed by atoms with Crippen molar-refractivity contribution in [3.05, 3.63) is 41.5 Å². The van der Waals surface area contributed by atoms with E-state index in [9.17, 15) is 14.4 Å². The number of carboxylic acid groups (broad SMARTS) is 1. The first-order valence-electron chi connectivity index (χ1n) is 6.47. The quantitative estimate of drug-likeness (QED) is 0.822. The van der Waals surface area contributed by atoms with Gasteiger partial charge in [-0.2, -0.15) is 0 Å². The number of benzene rings is 1. The first-order chi connectivity index (χ1) is 9.95. The molecule has 0 bridgehead atoms. The van der Waals surface area contributed by atoms with Crippen LogP contribution in [-0.4, -0.2) is 52.8 Å². The Kier molecular flexibility index (Phi) is 4.37. The molecule has 0 unspecified atom stereocenters. The lowest BCUT2D eigenvalue weighted by Crippen LogP contribution is -2.51. The van der Waals surface area contributed by atoms with Gasteiger partial charge in [0.05, 0.1) is 6.54 Å². The van der Waals surface area contributed by atoms with Gasteiger partial charge >= 0.3 is 5.97 Å². The summed E-state index contributed by atoms with van der Waals surface area (Å²) in [7, 11) is 1.61. The lowest BCUT2D eigenvalue weighted by molar-refractivity contribution is -0.149. The van der Waals surface area contributed by atoms with Crippen LogP contribution in [0, 0.1) is 0 Å². The van der Waals surface area contributed by atoms with Crippen molar-refractivity contribution in [2.75, 3.05) is 20.1 Å². The predicted molar refractivity (Wildman–Crippen MR) is 76.2 cm³/mol. The summed E-state index contributed by atoms with van der Waals surface area (Å²) in [6.07, 6.45) is 2.55. The van der Waals surface area contributed by atoms with Gasteiger partial charge in [-0.25, -0.2) is 4.79 Å². The molecule has 0 aliphatic carbocycles. The lowest BCUT2D eigenvalue weighted by atomic mass is 10.1. The molecule has 6 nitrogen and oxygen atoms in total. The molecule has 1 aliphatic heterocycles. The Labute approximate surface area is 122 Å². The molecule has 1 fully saturated rings. The van der Waals surface area contributed by atoms with Crippen LogP contribution < -0.4 is 0 Å². The summed E-state index contributed by atoms with van der Waals surface area (Å²) in [6, 6.07) is 7.21. The Morgan fingerprint density at radius 2 is 2.05 bits per heavy atom. The van der Waals surface area contributed by atoms with E-state index in [4.69, 9.17) is 5.11 Å². The third-order valence-electron chi connectivity index (χ3n) is 3.22. The molecular formula is C15H16N2O4. The second kappa shape index (κ2) is 6.21. The van der Waals surface area contributed by atoms with Crippen LogP contribution in [0.3, 0.4) is 0 Å². The highest BCUT2D eigenvalue weighted by Crippen LogP contribution is 2.12. The van der Waals surface area contributed by atoms with Crippen molar-refractivity contribution in [3.8, 4) is 0 Å². The second-order valence-corrected chi connectivity index (χ2v) is 4.92. The second-order valence-electron chi connectivity index (χ2n) is 4.92. The number of carboxylic acids is 1. The SMILES string of the molecule is CN1CC(=O)N(Cc2cccc(/C=C/C(=O)O)c2)CC1=O. The summed E-state index contributed by atoms with van der Waals surface area (Å²) < 4.78 is 0. The summed E-state index contributed by atoms with van der Waals surface area (Å²) in [4.78, 5) is 36.9. The Hall–Kier alpha value is -2.63. The monoisotopic (exact) mass is 288 g/mol. The maximum atomic E-state index is 11.9. The molecule has 21 heavy (non-hydrogen) atoms. The van der Waals surface area contributed by atoms with Gasteiger partial charge in [0.2, 0.25) is 11.8 Å². The number of hydrogen-bond acceptors (Lipinski definition) is 3. The van der Waals surface area contributed by atoms with E-state index in [1.165, 1.54) is 15.9 Å². The number of likely N-dealkylation sites (N-methyl/N-ethyl adjacent to an activating group) is 1. The number of hydrogen-bond donors (Lipinski definition) is 1. The summed E-state index contributed by atoms with van der Waals surface area (Å²) in [5, 5.41) is 8.61. The first kappa shape index (κ1) is 14.8. The molecule has 0 radical (unpaired) electrons. The third kappa shape index (κ3) is 3.92. The summed E-state index contributed by atoms with van der Waals surface area (Å²) in [5.74, 6) is -1.19. The van der Waals surface area contributed by atoms with Crippen LogP contribution in [0.25, 0.3) is 6.08 Å². The Balaban J connectivity index is 2.09. The molecule has 0 spiro atoms. The van der Waals surface area contributed by atoms with Crippen LogP contribution in [0.4, 0.5) is 0 Å². The smallest absolute Gasteiger partial charge is 0.328 e. The van der Waals surface area contributed by atoms with Crippen LogP contribution in [0.15, 0.2) is 30.3 Å². The lowest BCUT2D eigenvalue weighted by Gasteiger charge is -2.31. The Morgan fingerprint density at radius 1 is 1.29 bits per heavy atom. The van der Waals surface area contributed by atoms with E-state index >= 15 is 0 Å². The average molecular weight is 288 g/mol. The van der Waals surface area contributed by atoms with Crippen LogP contribution in [0.1, 0.15) is 11.1 Å². The highest BCUT2D eigenvalue weighted by molar-refractivity contribution is 5.92. The maximum Gasteiger partial charge on any atom is 0.328 e. The van der Waals surface area contributed by atoms with Crippen LogP contribution >= 0.6 is 0 Å². The molecule has 1 saturated heterocycles. The molecule has 6 heteroatoms. The zero-order valence-corrected chi connectivity index (χ0v) is 11.7. The van der Waals surface area contributed by atoms with Crippen molar-refractivity contribution in [1.82, 2.24) is 9.80 Å². The molecule has 1 aliphatic rings. The van der Waals surface area contributed by atoms with E-state index in [0.717, 1.165) is 17.2 Å². The van der Waals surface area contributed by atoms with E-state index in [-0.39, 0.29) is 24.9 Å². The van der Waals surface area contributed by atoms with Gasteiger partial charge in [-0.3, -0.25) is 9.59 Å². The van der Waals surface area contributed by atoms with Gasteiger partial charge in [-0.05, 0) is 23.3 Å².